The Labute approximate surface area is 192 Å². The maximum Gasteiger partial charge on any atom is 0.418 e. The third-order valence-electron chi connectivity index (χ3n) is 4.46. The first-order valence-electron chi connectivity index (χ1n) is 9.29. The number of halogens is 7. The zero-order chi connectivity index (χ0) is 24.4. The van der Waals surface area contributed by atoms with E-state index in [0.717, 1.165) is 6.07 Å². The van der Waals surface area contributed by atoms with Gasteiger partial charge in [0.1, 0.15) is 5.69 Å². The van der Waals surface area contributed by atoms with Crippen molar-refractivity contribution in [1.82, 2.24) is 14.7 Å². The molecule has 2 N–H and O–H groups in total. The molecule has 0 fully saturated rings. The van der Waals surface area contributed by atoms with Gasteiger partial charge in [0, 0.05) is 24.5 Å². The highest BCUT2D eigenvalue weighted by atomic mass is 79.9. The summed E-state index contributed by atoms with van der Waals surface area (Å²) in [5.74, 6) is 4.35. The van der Waals surface area contributed by atoms with Gasteiger partial charge in [0.05, 0.1) is 28.7 Å². The quantitative estimate of drug-likeness (QED) is 0.365. The summed E-state index contributed by atoms with van der Waals surface area (Å²) < 4.78 is 81.1. The molecule has 0 atom stereocenters. The summed E-state index contributed by atoms with van der Waals surface area (Å²) in [6, 6.07) is 6.16. The summed E-state index contributed by atoms with van der Waals surface area (Å²) in [7, 11) is 1.29. The average Bonchev–Trinajstić information content (AvgIpc) is 3.07. The zero-order valence-electron chi connectivity index (χ0n) is 16.8. The number of benzene rings is 1. The SMILES string of the molecule is CNC(=O)c1ccc(NCC#Cc2nc3c(Br)cccn3c2CC(F)(F)F)c(C(F)(F)F)c1. The Morgan fingerprint density at radius 1 is 1.18 bits per heavy atom. The Kier molecular flexibility index (Phi) is 6.92. The van der Waals surface area contributed by atoms with Crippen LogP contribution >= 0.6 is 15.9 Å². The molecule has 3 aromatic rings. The van der Waals surface area contributed by atoms with Crippen molar-refractivity contribution in [3.63, 3.8) is 0 Å². The van der Waals surface area contributed by atoms with Gasteiger partial charge in [-0.1, -0.05) is 5.92 Å². The summed E-state index contributed by atoms with van der Waals surface area (Å²) in [5, 5.41) is 4.74. The molecule has 1 aromatic carbocycles. The average molecular weight is 533 g/mol. The lowest BCUT2D eigenvalue weighted by atomic mass is 10.1. The van der Waals surface area contributed by atoms with Gasteiger partial charge in [-0.15, -0.1) is 0 Å². The monoisotopic (exact) mass is 532 g/mol. The second-order valence-corrected chi connectivity index (χ2v) is 7.60. The molecule has 0 bridgehead atoms. The van der Waals surface area contributed by atoms with Crippen molar-refractivity contribution in [3.05, 3.63) is 63.5 Å². The first-order valence-corrected chi connectivity index (χ1v) is 10.1. The number of nitrogens with one attached hydrogen (secondary N) is 2. The molecular weight excluding hydrogens is 518 g/mol. The van der Waals surface area contributed by atoms with Crippen molar-refractivity contribution in [1.29, 1.82) is 0 Å². The number of rotatable bonds is 4. The molecule has 2 heterocycles. The van der Waals surface area contributed by atoms with E-state index in [2.05, 4.69) is 43.4 Å². The highest BCUT2D eigenvalue weighted by Gasteiger charge is 2.34. The first-order chi connectivity index (χ1) is 15.4. The van der Waals surface area contributed by atoms with Crippen LogP contribution < -0.4 is 10.6 Å². The normalized spacial score (nSPS) is 11.8. The molecule has 0 saturated heterocycles. The summed E-state index contributed by atoms with van der Waals surface area (Å²) in [6.45, 7) is -0.303. The summed E-state index contributed by atoms with van der Waals surface area (Å²) in [4.78, 5) is 15.8. The van der Waals surface area contributed by atoms with Crippen molar-refractivity contribution in [2.45, 2.75) is 18.8 Å². The minimum absolute atomic E-state index is 0.132. The fourth-order valence-corrected chi connectivity index (χ4v) is 3.46. The molecule has 0 unspecified atom stereocenters. The maximum absolute atomic E-state index is 13.4. The Morgan fingerprint density at radius 2 is 1.91 bits per heavy atom. The number of carbonyl (C=O) groups is 1. The predicted octanol–water partition coefficient (Wildman–Crippen LogP) is 5.04. The largest absolute Gasteiger partial charge is 0.418 e. The third-order valence-corrected chi connectivity index (χ3v) is 5.08. The number of alkyl halides is 6. The standard InChI is InChI=1S/C21H15BrF6N4O/c1-29-19(33)12-6-7-15(13(10-12)21(26,27)28)30-8-2-5-16-17(11-20(23,24)25)32-9-3-4-14(22)18(32)31-16/h3-4,6-7,9-10,30H,8,11H2,1H3,(H,29,33). The number of hydrogen-bond donors (Lipinski definition) is 2. The Balaban J connectivity index is 1.89. The number of imidazole rings is 1. The Hall–Kier alpha value is -3.20. The maximum atomic E-state index is 13.4. The van der Waals surface area contributed by atoms with Gasteiger partial charge in [-0.05, 0) is 52.2 Å². The molecule has 0 aliphatic rings. The molecule has 3 rings (SSSR count). The Bertz CT molecular complexity index is 1250. The van der Waals surface area contributed by atoms with Crippen LogP contribution in [-0.2, 0) is 12.6 Å². The zero-order valence-corrected chi connectivity index (χ0v) is 18.4. The van der Waals surface area contributed by atoms with Crippen LogP contribution in [-0.4, -0.2) is 35.1 Å². The van der Waals surface area contributed by atoms with Gasteiger partial charge in [-0.25, -0.2) is 4.98 Å². The van der Waals surface area contributed by atoms with Gasteiger partial charge in [0.2, 0.25) is 0 Å². The van der Waals surface area contributed by atoms with Gasteiger partial charge in [0.25, 0.3) is 5.91 Å². The smallest absolute Gasteiger partial charge is 0.374 e. The first kappa shape index (κ1) is 24.4. The van der Waals surface area contributed by atoms with Gasteiger partial charge >= 0.3 is 12.4 Å². The van der Waals surface area contributed by atoms with Gasteiger partial charge < -0.3 is 15.0 Å². The summed E-state index contributed by atoms with van der Waals surface area (Å²) >= 11 is 3.22. The van der Waals surface area contributed by atoms with Crippen LogP contribution in [0.25, 0.3) is 5.65 Å². The number of fused-ring (bicyclic) bond motifs is 1. The fraction of sp³-hybridized carbons (Fsp3) is 0.238. The molecule has 0 radical (unpaired) electrons. The van der Waals surface area contributed by atoms with Crippen LogP contribution in [0.5, 0.6) is 0 Å². The molecule has 33 heavy (non-hydrogen) atoms. The molecule has 0 aliphatic heterocycles. The lowest BCUT2D eigenvalue weighted by Gasteiger charge is -2.14. The lowest BCUT2D eigenvalue weighted by molar-refractivity contribution is -0.137. The number of anilines is 1. The van der Waals surface area contributed by atoms with E-state index < -0.39 is 30.2 Å². The summed E-state index contributed by atoms with van der Waals surface area (Å²) in [5.41, 5.74) is -1.64. The molecule has 12 heteroatoms. The molecule has 0 aliphatic carbocycles. The van der Waals surface area contributed by atoms with E-state index in [9.17, 15) is 31.1 Å². The number of pyridine rings is 1. The highest BCUT2D eigenvalue weighted by Crippen LogP contribution is 2.35. The minimum Gasteiger partial charge on any atom is -0.374 e. The van der Waals surface area contributed by atoms with Gasteiger partial charge in [-0.2, -0.15) is 26.3 Å². The minimum atomic E-state index is -4.74. The van der Waals surface area contributed by atoms with E-state index in [-0.39, 0.29) is 34.8 Å². The van der Waals surface area contributed by atoms with Crippen LogP contribution in [0.15, 0.2) is 41.0 Å². The predicted molar refractivity (Wildman–Crippen MR) is 113 cm³/mol. The number of carbonyl (C=O) groups excluding carboxylic acids is 1. The van der Waals surface area contributed by atoms with E-state index in [1.54, 1.807) is 12.1 Å². The number of hydrogen-bond acceptors (Lipinski definition) is 3. The van der Waals surface area contributed by atoms with Crippen LogP contribution in [0.3, 0.4) is 0 Å². The van der Waals surface area contributed by atoms with E-state index in [1.807, 2.05) is 0 Å². The molecule has 1 amide bonds. The van der Waals surface area contributed by atoms with Crippen molar-refractivity contribution in [2.75, 3.05) is 18.9 Å². The fourth-order valence-electron chi connectivity index (χ4n) is 3.03. The topological polar surface area (TPSA) is 58.4 Å². The summed E-state index contributed by atoms with van der Waals surface area (Å²) in [6.07, 6.45) is -9.11. The molecular formula is C21H15BrF6N4O. The number of nitrogens with zero attached hydrogens (tertiary/aromatic N) is 2. The van der Waals surface area contributed by atoms with E-state index in [0.29, 0.717) is 10.5 Å². The van der Waals surface area contributed by atoms with Crippen LogP contribution in [0, 0.1) is 11.8 Å². The van der Waals surface area contributed by atoms with Crippen molar-refractivity contribution >= 4 is 33.2 Å². The Morgan fingerprint density at radius 3 is 2.55 bits per heavy atom. The lowest BCUT2D eigenvalue weighted by Crippen LogP contribution is -2.19. The van der Waals surface area contributed by atoms with Crippen molar-refractivity contribution in [3.8, 4) is 11.8 Å². The van der Waals surface area contributed by atoms with Crippen LogP contribution in [0.2, 0.25) is 0 Å². The van der Waals surface area contributed by atoms with Gasteiger partial charge in [-0.3, -0.25) is 4.79 Å². The van der Waals surface area contributed by atoms with Crippen LogP contribution in [0.4, 0.5) is 32.0 Å². The van der Waals surface area contributed by atoms with Crippen LogP contribution in [0.1, 0.15) is 27.3 Å². The number of amides is 1. The molecule has 174 valence electrons. The third kappa shape index (κ3) is 5.78. The van der Waals surface area contributed by atoms with E-state index in [1.165, 1.54) is 23.7 Å². The van der Waals surface area contributed by atoms with E-state index in [4.69, 9.17) is 0 Å². The van der Waals surface area contributed by atoms with Gasteiger partial charge in [0.15, 0.2) is 5.65 Å². The molecule has 2 aromatic heterocycles. The van der Waals surface area contributed by atoms with Crippen molar-refractivity contribution < 1.29 is 31.1 Å². The molecule has 0 saturated carbocycles. The van der Waals surface area contributed by atoms with Crippen molar-refractivity contribution in [2.24, 2.45) is 0 Å². The second-order valence-electron chi connectivity index (χ2n) is 6.74. The molecule has 0 spiro atoms. The van der Waals surface area contributed by atoms with E-state index >= 15 is 0 Å². The second kappa shape index (κ2) is 9.35. The number of aromatic nitrogens is 2. The molecule has 5 nitrogen and oxygen atoms in total. The highest BCUT2D eigenvalue weighted by molar-refractivity contribution is 9.10.